The van der Waals surface area contributed by atoms with Crippen LogP contribution < -0.4 is 10.6 Å². The van der Waals surface area contributed by atoms with E-state index < -0.39 is 32.5 Å². The van der Waals surface area contributed by atoms with Gasteiger partial charge in [0.25, 0.3) is 16.4 Å². The van der Waals surface area contributed by atoms with Gasteiger partial charge in [0.05, 0.1) is 0 Å². The second-order valence-electron chi connectivity index (χ2n) is 2.89. The molecule has 15 heavy (non-hydrogen) atoms. The van der Waals surface area contributed by atoms with Crippen molar-refractivity contribution in [3.05, 3.63) is 27.5 Å². The summed E-state index contributed by atoms with van der Waals surface area (Å²) in [7, 11) is -4.35. The maximum Gasteiger partial charge on any atom is 0.270 e. The number of hydrogen-bond acceptors (Lipinski definition) is 3. The summed E-state index contributed by atoms with van der Waals surface area (Å²) >= 11 is 0. The van der Waals surface area contributed by atoms with E-state index in [-0.39, 0.29) is 5.56 Å². The molecule has 0 amide bonds. The molecule has 3 N–H and O–H groups in total. The second kappa shape index (κ2) is 3.70. The highest BCUT2D eigenvalue weighted by Gasteiger charge is 2.25. The van der Waals surface area contributed by atoms with Gasteiger partial charge in [-0.2, -0.15) is 0 Å². The van der Waals surface area contributed by atoms with Crippen LogP contribution in [0.2, 0.25) is 0 Å². The number of rotatable bonds is 2. The largest absolute Gasteiger partial charge is 0.350 e. The van der Waals surface area contributed by atoms with Gasteiger partial charge in [0.15, 0.2) is 10.5 Å². The minimum atomic E-state index is -4.35. The van der Waals surface area contributed by atoms with Crippen LogP contribution in [0.4, 0.5) is 8.78 Å². The Morgan fingerprint density at radius 1 is 1.47 bits per heavy atom. The normalized spacial score (nSPS) is 12.1. The molecule has 0 spiro atoms. The SMILES string of the molecule is Cc1c[nH]c(S(N)(=O)=O)c(C(F)F)c1=O. The summed E-state index contributed by atoms with van der Waals surface area (Å²) in [5, 5.41) is 3.75. The first kappa shape index (κ1) is 11.8. The zero-order valence-corrected chi connectivity index (χ0v) is 8.44. The van der Waals surface area contributed by atoms with E-state index >= 15 is 0 Å². The zero-order valence-electron chi connectivity index (χ0n) is 7.62. The van der Waals surface area contributed by atoms with Crippen LogP contribution in [0.3, 0.4) is 0 Å². The van der Waals surface area contributed by atoms with E-state index in [1.807, 2.05) is 0 Å². The van der Waals surface area contributed by atoms with Crippen molar-refractivity contribution in [1.29, 1.82) is 0 Å². The smallest absolute Gasteiger partial charge is 0.270 e. The molecule has 8 heteroatoms. The molecular formula is C7H8F2N2O3S. The molecule has 0 fully saturated rings. The van der Waals surface area contributed by atoms with Gasteiger partial charge in [0.2, 0.25) is 0 Å². The van der Waals surface area contributed by atoms with Crippen LogP contribution in [-0.4, -0.2) is 13.4 Å². The highest BCUT2D eigenvalue weighted by molar-refractivity contribution is 7.89. The lowest BCUT2D eigenvalue weighted by Crippen LogP contribution is -2.23. The number of H-pyrrole nitrogens is 1. The average molecular weight is 238 g/mol. The molecule has 0 aliphatic heterocycles. The van der Waals surface area contributed by atoms with Gasteiger partial charge in [-0.3, -0.25) is 4.79 Å². The summed E-state index contributed by atoms with van der Waals surface area (Å²) in [6, 6.07) is 0. The van der Waals surface area contributed by atoms with Gasteiger partial charge < -0.3 is 4.98 Å². The molecule has 84 valence electrons. The lowest BCUT2D eigenvalue weighted by molar-refractivity contribution is 0.145. The van der Waals surface area contributed by atoms with E-state index in [1.165, 1.54) is 6.92 Å². The third-order valence-corrected chi connectivity index (χ3v) is 2.68. The summed E-state index contributed by atoms with van der Waals surface area (Å²) in [5.74, 6) is 0. The first-order valence-electron chi connectivity index (χ1n) is 3.78. The molecule has 1 aromatic rings. The fraction of sp³-hybridized carbons (Fsp3) is 0.286. The minimum Gasteiger partial charge on any atom is -0.350 e. The molecule has 0 unspecified atom stereocenters. The molecule has 1 heterocycles. The molecule has 0 saturated heterocycles. The molecule has 0 radical (unpaired) electrons. The lowest BCUT2D eigenvalue weighted by atomic mass is 10.2. The van der Waals surface area contributed by atoms with Gasteiger partial charge in [-0.15, -0.1) is 0 Å². The molecule has 0 bridgehead atoms. The molecule has 0 aliphatic carbocycles. The van der Waals surface area contributed by atoms with Crippen LogP contribution in [0, 0.1) is 6.92 Å². The Labute approximate surface area is 84.0 Å². The van der Waals surface area contributed by atoms with Crippen LogP contribution in [-0.2, 0) is 10.0 Å². The minimum absolute atomic E-state index is 0.00213. The summed E-state index contributed by atoms with van der Waals surface area (Å²) in [6.07, 6.45) is -2.17. The molecule has 0 saturated carbocycles. The Morgan fingerprint density at radius 2 is 2.00 bits per heavy atom. The van der Waals surface area contributed by atoms with Gasteiger partial charge in [-0.1, -0.05) is 0 Å². The number of aromatic nitrogens is 1. The van der Waals surface area contributed by atoms with Crippen molar-refractivity contribution >= 4 is 10.0 Å². The summed E-state index contributed by atoms with van der Waals surface area (Å²) in [5.41, 5.74) is -2.14. The predicted molar refractivity (Wildman–Crippen MR) is 48.1 cm³/mol. The molecule has 0 atom stereocenters. The topological polar surface area (TPSA) is 93.0 Å². The molecule has 5 nitrogen and oxygen atoms in total. The zero-order chi connectivity index (χ0) is 11.8. The molecule has 0 aliphatic rings. The van der Waals surface area contributed by atoms with Crippen LogP contribution in [0.5, 0.6) is 0 Å². The monoisotopic (exact) mass is 238 g/mol. The van der Waals surface area contributed by atoms with E-state index in [9.17, 15) is 22.0 Å². The van der Waals surface area contributed by atoms with Crippen molar-refractivity contribution in [2.45, 2.75) is 18.4 Å². The number of hydrogen-bond donors (Lipinski definition) is 2. The lowest BCUT2D eigenvalue weighted by Gasteiger charge is -2.06. The predicted octanol–water partition coefficient (Wildman–Crippen LogP) is 0.268. The van der Waals surface area contributed by atoms with Gasteiger partial charge >= 0.3 is 0 Å². The van der Waals surface area contributed by atoms with Gasteiger partial charge in [0, 0.05) is 11.8 Å². The number of alkyl halides is 2. The molecule has 1 aromatic heterocycles. The van der Waals surface area contributed by atoms with Crippen molar-refractivity contribution in [1.82, 2.24) is 4.98 Å². The van der Waals surface area contributed by atoms with Crippen molar-refractivity contribution in [2.24, 2.45) is 5.14 Å². The Morgan fingerprint density at radius 3 is 2.40 bits per heavy atom. The average Bonchev–Trinajstić information content (AvgIpc) is 2.06. The molecule has 1 rings (SSSR count). The van der Waals surface area contributed by atoms with E-state index in [0.717, 1.165) is 6.20 Å². The quantitative estimate of drug-likeness (QED) is 0.774. The maximum atomic E-state index is 12.5. The van der Waals surface area contributed by atoms with Crippen LogP contribution in [0.25, 0.3) is 0 Å². The maximum absolute atomic E-state index is 12.5. The number of aromatic amines is 1. The van der Waals surface area contributed by atoms with Crippen molar-refractivity contribution in [3.8, 4) is 0 Å². The van der Waals surface area contributed by atoms with Crippen LogP contribution in [0.15, 0.2) is 16.0 Å². The highest BCUT2D eigenvalue weighted by atomic mass is 32.2. The van der Waals surface area contributed by atoms with Crippen molar-refractivity contribution in [2.75, 3.05) is 0 Å². The molecular weight excluding hydrogens is 230 g/mol. The number of halogens is 2. The summed E-state index contributed by atoms with van der Waals surface area (Å²) in [6.45, 7) is 1.29. The highest BCUT2D eigenvalue weighted by Crippen LogP contribution is 2.20. The standard InChI is InChI=1S/C7H8F2N2O3S/c1-3-2-11-7(15(10,13)14)4(5(3)12)6(8)9/h2,6H,1H3,(H,11,12)(H2,10,13,14). The third-order valence-electron chi connectivity index (χ3n) is 1.77. The van der Waals surface area contributed by atoms with Crippen LogP contribution >= 0.6 is 0 Å². The first-order chi connectivity index (χ1) is 6.75. The summed E-state index contributed by atoms with van der Waals surface area (Å²) in [4.78, 5) is 13.3. The number of primary sulfonamides is 1. The van der Waals surface area contributed by atoms with Gasteiger partial charge in [-0.25, -0.2) is 22.3 Å². The molecule has 0 aromatic carbocycles. The van der Waals surface area contributed by atoms with Gasteiger partial charge in [0.1, 0.15) is 5.56 Å². The fourth-order valence-corrected chi connectivity index (χ4v) is 1.78. The Bertz CT molecular complexity index is 536. The summed E-state index contributed by atoms with van der Waals surface area (Å²) < 4.78 is 46.7. The second-order valence-corrected chi connectivity index (χ2v) is 4.39. The number of nitrogens with two attached hydrogens (primary N) is 1. The Hall–Kier alpha value is -1.28. The number of aryl methyl sites for hydroxylation is 1. The Kier molecular flexibility index (Phi) is 2.91. The van der Waals surface area contributed by atoms with E-state index in [4.69, 9.17) is 0 Å². The Balaban J connectivity index is 3.70. The fourth-order valence-electron chi connectivity index (χ4n) is 1.07. The van der Waals surface area contributed by atoms with Crippen LogP contribution in [0.1, 0.15) is 17.6 Å². The van der Waals surface area contributed by atoms with E-state index in [2.05, 4.69) is 10.1 Å². The van der Waals surface area contributed by atoms with Crippen molar-refractivity contribution in [3.63, 3.8) is 0 Å². The van der Waals surface area contributed by atoms with Gasteiger partial charge in [-0.05, 0) is 6.92 Å². The van der Waals surface area contributed by atoms with E-state index in [1.54, 1.807) is 0 Å². The first-order valence-corrected chi connectivity index (χ1v) is 5.33. The number of pyridine rings is 1. The van der Waals surface area contributed by atoms with Crippen molar-refractivity contribution < 1.29 is 17.2 Å². The number of nitrogens with one attached hydrogen (secondary N) is 1. The van der Waals surface area contributed by atoms with E-state index in [0.29, 0.717) is 0 Å². The third kappa shape index (κ3) is 2.21. The number of sulfonamides is 1.